The minimum Gasteiger partial charge on any atom is -0.497 e. The van der Waals surface area contributed by atoms with E-state index in [0.717, 1.165) is 0 Å². The van der Waals surface area contributed by atoms with E-state index in [9.17, 15) is 13.6 Å². The predicted octanol–water partition coefficient (Wildman–Crippen LogP) is 2.61. The highest BCUT2D eigenvalue weighted by Crippen LogP contribution is 2.61. The van der Waals surface area contributed by atoms with Crippen molar-refractivity contribution in [3.63, 3.8) is 0 Å². The fourth-order valence-corrected chi connectivity index (χ4v) is 2.09. The molecular weight excluding hydrogens is 242 g/mol. The van der Waals surface area contributed by atoms with Crippen molar-refractivity contribution in [3.8, 4) is 5.75 Å². The van der Waals surface area contributed by atoms with Crippen molar-refractivity contribution < 1.29 is 23.0 Å². The highest BCUT2D eigenvalue weighted by Gasteiger charge is 2.69. The van der Waals surface area contributed by atoms with Gasteiger partial charge in [0.25, 0.3) is 5.92 Å². The van der Waals surface area contributed by atoms with Crippen LogP contribution in [0.5, 0.6) is 5.75 Å². The van der Waals surface area contributed by atoms with E-state index in [0.29, 0.717) is 11.3 Å². The average molecular weight is 256 g/mol. The Hall–Kier alpha value is -1.65. The third-order valence-electron chi connectivity index (χ3n) is 3.12. The molecule has 2 unspecified atom stereocenters. The molecule has 2 rings (SSSR count). The van der Waals surface area contributed by atoms with E-state index >= 15 is 0 Å². The standard InChI is InChI=1S/C13H14F2O3/c1-8(16)18-7-11-12(13(11,14)15)9-4-3-5-10(6-9)17-2/h3-6,11-12H,7H2,1-2H3. The van der Waals surface area contributed by atoms with Crippen LogP contribution in [0.3, 0.4) is 0 Å². The van der Waals surface area contributed by atoms with Gasteiger partial charge < -0.3 is 9.47 Å². The maximum atomic E-state index is 13.6. The Kier molecular flexibility index (Phi) is 3.24. The van der Waals surface area contributed by atoms with Crippen molar-refractivity contribution in [2.45, 2.75) is 18.8 Å². The summed E-state index contributed by atoms with van der Waals surface area (Å²) in [5, 5.41) is 0. The fourth-order valence-electron chi connectivity index (χ4n) is 2.09. The second-order valence-electron chi connectivity index (χ2n) is 4.34. The molecular formula is C13H14F2O3. The van der Waals surface area contributed by atoms with Gasteiger partial charge in [0, 0.05) is 6.92 Å². The Morgan fingerprint density at radius 1 is 1.44 bits per heavy atom. The maximum absolute atomic E-state index is 13.6. The van der Waals surface area contributed by atoms with Crippen molar-refractivity contribution in [2.24, 2.45) is 5.92 Å². The first-order chi connectivity index (χ1) is 8.46. The lowest BCUT2D eigenvalue weighted by molar-refractivity contribution is -0.142. The molecule has 0 saturated heterocycles. The monoisotopic (exact) mass is 256 g/mol. The van der Waals surface area contributed by atoms with Crippen LogP contribution in [0.4, 0.5) is 8.78 Å². The molecule has 0 radical (unpaired) electrons. The Balaban J connectivity index is 2.11. The number of halogens is 2. The van der Waals surface area contributed by atoms with Gasteiger partial charge in [0.2, 0.25) is 0 Å². The SMILES string of the molecule is COc1cccc(C2C(COC(C)=O)C2(F)F)c1. The van der Waals surface area contributed by atoms with E-state index < -0.39 is 23.7 Å². The summed E-state index contributed by atoms with van der Waals surface area (Å²) in [5.41, 5.74) is 0.511. The molecule has 1 fully saturated rings. The van der Waals surface area contributed by atoms with Gasteiger partial charge in [0.15, 0.2) is 0 Å². The molecule has 0 bridgehead atoms. The molecule has 1 aromatic carbocycles. The normalized spacial score (nSPS) is 24.4. The lowest BCUT2D eigenvalue weighted by Crippen LogP contribution is -2.06. The van der Waals surface area contributed by atoms with Crippen molar-refractivity contribution in [2.75, 3.05) is 13.7 Å². The van der Waals surface area contributed by atoms with Gasteiger partial charge in [-0.25, -0.2) is 8.78 Å². The second-order valence-corrected chi connectivity index (χ2v) is 4.34. The second kappa shape index (κ2) is 4.55. The van der Waals surface area contributed by atoms with Gasteiger partial charge in [-0.2, -0.15) is 0 Å². The molecule has 18 heavy (non-hydrogen) atoms. The number of hydrogen-bond acceptors (Lipinski definition) is 3. The molecule has 0 spiro atoms. The quantitative estimate of drug-likeness (QED) is 0.777. The van der Waals surface area contributed by atoms with E-state index in [4.69, 9.17) is 4.74 Å². The average Bonchev–Trinajstić information content (AvgIpc) is 2.88. The van der Waals surface area contributed by atoms with Crippen molar-refractivity contribution in [1.82, 2.24) is 0 Å². The summed E-state index contributed by atoms with van der Waals surface area (Å²) in [4.78, 5) is 10.6. The number of alkyl halides is 2. The van der Waals surface area contributed by atoms with Gasteiger partial charge in [-0.15, -0.1) is 0 Å². The highest BCUT2D eigenvalue weighted by atomic mass is 19.3. The Bertz CT molecular complexity index is 459. The molecule has 2 atom stereocenters. The van der Waals surface area contributed by atoms with Crippen LogP contribution < -0.4 is 4.74 Å². The van der Waals surface area contributed by atoms with Gasteiger partial charge >= 0.3 is 5.97 Å². The van der Waals surface area contributed by atoms with Crippen molar-refractivity contribution >= 4 is 5.97 Å². The maximum Gasteiger partial charge on any atom is 0.302 e. The third kappa shape index (κ3) is 2.30. The molecule has 0 N–H and O–H groups in total. The number of rotatable bonds is 4. The van der Waals surface area contributed by atoms with E-state index in [1.54, 1.807) is 24.3 Å². The molecule has 0 aromatic heterocycles. The first-order valence-electron chi connectivity index (χ1n) is 5.62. The fraction of sp³-hybridized carbons (Fsp3) is 0.462. The van der Waals surface area contributed by atoms with Crippen LogP contribution in [0.15, 0.2) is 24.3 Å². The van der Waals surface area contributed by atoms with Crippen LogP contribution in [0, 0.1) is 5.92 Å². The van der Waals surface area contributed by atoms with E-state index in [-0.39, 0.29) is 6.61 Å². The number of esters is 1. The van der Waals surface area contributed by atoms with Gasteiger partial charge in [-0.05, 0) is 17.7 Å². The number of carbonyl (C=O) groups excluding carboxylic acids is 1. The number of hydrogen-bond donors (Lipinski definition) is 0. The summed E-state index contributed by atoms with van der Waals surface area (Å²) in [6, 6.07) is 6.60. The van der Waals surface area contributed by atoms with Crippen molar-refractivity contribution in [3.05, 3.63) is 29.8 Å². The van der Waals surface area contributed by atoms with Gasteiger partial charge in [0.05, 0.1) is 18.9 Å². The first-order valence-corrected chi connectivity index (χ1v) is 5.62. The zero-order chi connectivity index (χ0) is 13.3. The minimum absolute atomic E-state index is 0.246. The Morgan fingerprint density at radius 2 is 2.17 bits per heavy atom. The largest absolute Gasteiger partial charge is 0.497 e. The van der Waals surface area contributed by atoms with Crippen LogP contribution in [0.25, 0.3) is 0 Å². The van der Waals surface area contributed by atoms with Gasteiger partial charge in [-0.3, -0.25) is 4.79 Å². The van der Waals surface area contributed by atoms with Gasteiger partial charge in [-0.1, -0.05) is 12.1 Å². The molecule has 3 nitrogen and oxygen atoms in total. The molecule has 1 aromatic rings. The van der Waals surface area contributed by atoms with E-state index in [2.05, 4.69) is 4.74 Å². The van der Waals surface area contributed by atoms with Crippen molar-refractivity contribution in [1.29, 1.82) is 0 Å². The van der Waals surface area contributed by atoms with Crippen LogP contribution in [-0.2, 0) is 9.53 Å². The molecule has 1 aliphatic rings. The number of methoxy groups -OCH3 is 1. The van der Waals surface area contributed by atoms with Crippen LogP contribution in [0.1, 0.15) is 18.4 Å². The summed E-state index contributed by atoms with van der Waals surface area (Å²) in [5.74, 6) is -4.65. The van der Waals surface area contributed by atoms with E-state index in [1.165, 1.54) is 14.0 Å². The highest BCUT2D eigenvalue weighted by molar-refractivity contribution is 5.66. The summed E-state index contributed by atoms with van der Waals surface area (Å²) in [7, 11) is 1.49. The Morgan fingerprint density at radius 3 is 2.78 bits per heavy atom. The van der Waals surface area contributed by atoms with E-state index in [1.807, 2.05) is 0 Å². The molecule has 1 saturated carbocycles. The van der Waals surface area contributed by atoms with Crippen LogP contribution >= 0.6 is 0 Å². The Labute approximate surface area is 104 Å². The first kappa shape index (κ1) is 12.8. The molecule has 0 heterocycles. The molecule has 98 valence electrons. The lowest BCUT2D eigenvalue weighted by atomic mass is 10.1. The zero-order valence-corrected chi connectivity index (χ0v) is 10.2. The lowest BCUT2D eigenvalue weighted by Gasteiger charge is -2.03. The van der Waals surface area contributed by atoms with Crippen LogP contribution in [-0.4, -0.2) is 25.6 Å². The topological polar surface area (TPSA) is 35.5 Å². The summed E-state index contributed by atoms with van der Waals surface area (Å²) in [6.45, 7) is 0.964. The predicted molar refractivity (Wildman–Crippen MR) is 60.8 cm³/mol. The third-order valence-corrected chi connectivity index (χ3v) is 3.12. The number of ether oxygens (including phenoxy) is 2. The summed E-state index contributed by atoms with van der Waals surface area (Å²) < 4.78 is 36.9. The molecule has 0 aliphatic heterocycles. The smallest absolute Gasteiger partial charge is 0.302 e. The number of carbonyl (C=O) groups is 1. The molecule has 0 amide bonds. The molecule has 1 aliphatic carbocycles. The number of benzene rings is 1. The summed E-state index contributed by atoms with van der Waals surface area (Å²) in [6.07, 6.45) is 0. The van der Waals surface area contributed by atoms with Crippen LogP contribution in [0.2, 0.25) is 0 Å². The minimum atomic E-state index is -2.82. The summed E-state index contributed by atoms with van der Waals surface area (Å²) >= 11 is 0. The zero-order valence-electron chi connectivity index (χ0n) is 10.2. The van der Waals surface area contributed by atoms with Gasteiger partial charge in [0.1, 0.15) is 12.4 Å². The molecule has 5 heteroatoms.